The second kappa shape index (κ2) is 6.10. The van der Waals surface area contributed by atoms with Gasteiger partial charge in [0.25, 0.3) is 0 Å². The van der Waals surface area contributed by atoms with Crippen LogP contribution in [0.2, 0.25) is 0 Å². The van der Waals surface area contributed by atoms with Crippen LogP contribution in [0, 0.1) is 5.92 Å². The van der Waals surface area contributed by atoms with Crippen LogP contribution in [0.1, 0.15) is 69.8 Å². The number of allylic oxidation sites excluding steroid dienone is 2. The van der Waals surface area contributed by atoms with Gasteiger partial charge >= 0.3 is 0 Å². The lowest BCUT2D eigenvalue weighted by molar-refractivity contribution is 0.309. The summed E-state index contributed by atoms with van der Waals surface area (Å²) < 4.78 is 0. The smallest absolute Gasteiger partial charge is 0.0407 e. The van der Waals surface area contributed by atoms with Crippen LogP contribution < -0.4 is 4.90 Å². The van der Waals surface area contributed by atoms with Crippen LogP contribution in [-0.2, 0) is 0 Å². The van der Waals surface area contributed by atoms with Gasteiger partial charge in [0.1, 0.15) is 0 Å². The fourth-order valence-corrected chi connectivity index (χ4v) is 5.33. The standard InChI is InChI=1S/C21H29N/c1-2-7-16-12-14-17(15-13-16)22-20-10-5-3-8-18(20)19-9-4-6-11-21(19)22/h2-3,5,7-8,10,16-17,19,21H,4,6,9,11-15H2,1H3/b7-2-. The maximum absolute atomic E-state index is 2.87. The molecule has 1 nitrogen and oxygen atoms in total. The Hall–Kier alpha value is -1.24. The summed E-state index contributed by atoms with van der Waals surface area (Å²) in [6, 6.07) is 10.9. The van der Waals surface area contributed by atoms with Crippen LogP contribution in [0.25, 0.3) is 0 Å². The van der Waals surface area contributed by atoms with E-state index in [0.29, 0.717) is 0 Å². The molecule has 0 radical (unpaired) electrons. The summed E-state index contributed by atoms with van der Waals surface area (Å²) in [5, 5.41) is 0. The summed E-state index contributed by atoms with van der Waals surface area (Å²) >= 11 is 0. The summed E-state index contributed by atoms with van der Waals surface area (Å²) in [7, 11) is 0. The lowest BCUT2D eigenvalue weighted by atomic mass is 9.81. The molecule has 0 aromatic heterocycles. The van der Waals surface area contributed by atoms with E-state index in [2.05, 4.69) is 48.2 Å². The molecule has 2 atom stereocenters. The largest absolute Gasteiger partial charge is 0.365 e. The molecule has 118 valence electrons. The quantitative estimate of drug-likeness (QED) is 0.636. The highest BCUT2D eigenvalue weighted by atomic mass is 15.2. The fraction of sp³-hybridized carbons (Fsp3) is 0.619. The topological polar surface area (TPSA) is 3.24 Å². The second-order valence-corrected chi connectivity index (χ2v) is 7.52. The first kappa shape index (κ1) is 14.4. The minimum Gasteiger partial charge on any atom is -0.365 e. The Kier molecular flexibility index (Phi) is 3.98. The maximum atomic E-state index is 2.87. The molecule has 2 aliphatic carbocycles. The van der Waals surface area contributed by atoms with Gasteiger partial charge in [-0.2, -0.15) is 0 Å². The Morgan fingerprint density at radius 1 is 0.955 bits per heavy atom. The summed E-state index contributed by atoms with van der Waals surface area (Å²) in [5.41, 5.74) is 3.23. The van der Waals surface area contributed by atoms with E-state index in [1.54, 1.807) is 11.3 Å². The number of hydrogen-bond acceptors (Lipinski definition) is 1. The molecule has 3 aliphatic rings. The minimum absolute atomic E-state index is 0.788. The average Bonchev–Trinajstić information content (AvgIpc) is 2.91. The van der Waals surface area contributed by atoms with E-state index in [-0.39, 0.29) is 0 Å². The number of fused-ring (bicyclic) bond motifs is 3. The van der Waals surface area contributed by atoms with Crippen LogP contribution in [0.4, 0.5) is 5.69 Å². The average molecular weight is 295 g/mol. The van der Waals surface area contributed by atoms with E-state index >= 15 is 0 Å². The number of nitrogens with zero attached hydrogens (tertiary/aromatic N) is 1. The summed E-state index contributed by atoms with van der Waals surface area (Å²) in [6.07, 6.45) is 15.9. The highest BCUT2D eigenvalue weighted by Gasteiger charge is 2.42. The van der Waals surface area contributed by atoms with E-state index in [9.17, 15) is 0 Å². The zero-order chi connectivity index (χ0) is 14.9. The van der Waals surface area contributed by atoms with Gasteiger partial charge in [-0.25, -0.2) is 0 Å². The molecule has 2 fully saturated rings. The molecule has 0 amide bonds. The maximum Gasteiger partial charge on any atom is 0.0407 e. The first-order valence-corrected chi connectivity index (χ1v) is 9.38. The first-order valence-electron chi connectivity index (χ1n) is 9.38. The Labute approximate surface area is 135 Å². The highest BCUT2D eigenvalue weighted by Crippen LogP contribution is 2.50. The van der Waals surface area contributed by atoms with Gasteiger partial charge in [0.2, 0.25) is 0 Å². The predicted molar refractivity (Wildman–Crippen MR) is 94.5 cm³/mol. The van der Waals surface area contributed by atoms with Crippen molar-refractivity contribution in [3.8, 4) is 0 Å². The van der Waals surface area contributed by atoms with Gasteiger partial charge in [-0.15, -0.1) is 0 Å². The van der Waals surface area contributed by atoms with Crippen molar-refractivity contribution in [3.05, 3.63) is 42.0 Å². The third-order valence-corrected chi connectivity index (χ3v) is 6.30. The summed E-state index contributed by atoms with van der Waals surface area (Å²) in [6.45, 7) is 2.16. The number of anilines is 1. The molecule has 1 heterocycles. The van der Waals surface area contributed by atoms with Crippen molar-refractivity contribution in [2.45, 2.75) is 76.3 Å². The predicted octanol–water partition coefficient (Wildman–Crippen LogP) is 5.67. The van der Waals surface area contributed by atoms with Crippen LogP contribution in [-0.4, -0.2) is 12.1 Å². The Bertz CT molecular complexity index is 539. The van der Waals surface area contributed by atoms with Crippen LogP contribution >= 0.6 is 0 Å². The van der Waals surface area contributed by atoms with Crippen LogP contribution in [0.3, 0.4) is 0 Å². The third-order valence-electron chi connectivity index (χ3n) is 6.30. The SMILES string of the molecule is C/C=C\C1CCC(N2c3ccccc3C3CCCCC32)CC1. The fourth-order valence-electron chi connectivity index (χ4n) is 5.33. The van der Waals surface area contributed by atoms with Crippen molar-refractivity contribution < 1.29 is 0 Å². The van der Waals surface area contributed by atoms with Gasteiger partial charge in [-0.3, -0.25) is 0 Å². The molecular formula is C21H29N. The van der Waals surface area contributed by atoms with E-state index in [1.807, 2.05) is 0 Å². The Morgan fingerprint density at radius 2 is 1.73 bits per heavy atom. The molecule has 0 saturated heterocycles. The van der Waals surface area contributed by atoms with Gasteiger partial charge in [0.15, 0.2) is 0 Å². The van der Waals surface area contributed by atoms with Gasteiger partial charge in [-0.05, 0) is 63.0 Å². The number of hydrogen-bond donors (Lipinski definition) is 0. The van der Waals surface area contributed by atoms with Gasteiger partial charge in [0.05, 0.1) is 0 Å². The highest BCUT2D eigenvalue weighted by molar-refractivity contribution is 5.63. The molecule has 4 rings (SSSR count). The normalized spacial score (nSPS) is 34.7. The lowest BCUT2D eigenvalue weighted by Crippen LogP contribution is -2.44. The molecule has 1 aliphatic heterocycles. The minimum atomic E-state index is 0.788. The van der Waals surface area contributed by atoms with Crippen molar-refractivity contribution in [3.63, 3.8) is 0 Å². The summed E-state index contributed by atoms with van der Waals surface area (Å²) in [4.78, 5) is 2.87. The third kappa shape index (κ3) is 2.39. The molecule has 1 aromatic carbocycles. The first-order chi connectivity index (χ1) is 10.9. The second-order valence-electron chi connectivity index (χ2n) is 7.52. The van der Waals surface area contributed by atoms with E-state index in [1.165, 1.54) is 51.4 Å². The zero-order valence-corrected chi connectivity index (χ0v) is 13.9. The van der Waals surface area contributed by atoms with Crippen molar-refractivity contribution in [2.24, 2.45) is 5.92 Å². The Balaban J connectivity index is 1.58. The number of rotatable bonds is 2. The molecule has 0 N–H and O–H groups in total. The van der Waals surface area contributed by atoms with Crippen molar-refractivity contribution >= 4 is 5.69 Å². The number of benzene rings is 1. The molecule has 0 bridgehead atoms. The molecule has 1 heteroatoms. The van der Waals surface area contributed by atoms with E-state index in [0.717, 1.165) is 23.9 Å². The van der Waals surface area contributed by atoms with Gasteiger partial charge < -0.3 is 4.90 Å². The van der Waals surface area contributed by atoms with Crippen LogP contribution in [0.5, 0.6) is 0 Å². The molecule has 0 spiro atoms. The molecule has 1 aromatic rings. The van der Waals surface area contributed by atoms with Crippen molar-refractivity contribution in [1.82, 2.24) is 0 Å². The molecular weight excluding hydrogens is 266 g/mol. The lowest BCUT2D eigenvalue weighted by Gasteiger charge is -2.42. The number of para-hydroxylation sites is 1. The van der Waals surface area contributed by atoms with Crippen molar-refractivity contribution in [1.29, 1.82) is 0 Å². The zero-order valence-electron chi connectivity index (χ0n) is 13.9. The molecule has 2 unspecified atom stereocenters. The van der Waals surface area contributed by atoms with Crippen molar-refractivity contribution in [2.75, 3.05) is 4.90 Å². The Morgan fingerprint density at radius 3 is 2.55 bits per heavy atom. The monoisotopic (exact) mass is 295 g/mol. The van der Waals surface area contributed by atoms with Gasteiger partial charge in [-0.1, -0.05) is 43.2 Å². The molecule has 2 saturated carbocycles. The summed E-state index contributed by atoms with van der Waals surface area (Å²) in [5.74, 6) is 1.65. The van der Waals surface area contributed by atoms with E-state index < -0.39 is 0 Å². The van der Waals surface area contributed by atoms with E-state index in [4.69, 9.17) is 0 Å². The molecule has 22 heavy (non-hydrogen) atoms. The van der Waals surface area contributed by atoms with Gasteiger partial charge in [0, 0.05) is 23.7 Å². The van der Waals surface area contributed by atoms with Crippen LogP contribution in [0.15, 0.2) is 36.4 Å².